The van der Waals surface area contributed by atoms with Crippen LogP contribution in [0.25, 0.3) is 0 Å². The van der Waals surface area contributed by atoms with E-state index in [-0.39, 0.29) is 0 Å². The maximum atomic E-state index is 2.44. The van der Waals surface area contributed by atoms with Crippen LogP contribution >= 0.6 is 0 Å². The molecular weight excluding hydrogens is 170 g/mol. The summed E-state index contributed by atoms with van der Waals surface area (Å²) >= 11 is 0. The van der Waals surface area contributed by atoms with Gasteiger partial charge in [-0.05, 0) is 18.9 Å². The molecular formula is C13H17N. The van der Waals surface area contributed by atoms with Gasteiger partial charge < -0.3 is 4.90 Å². The second kappa shape index (κ2) is 3.87. The van der Waals surface area contributed by atoms with Gasteiger partial charge in [0, 0.05) is 5.70 Å². The summed E-state index contributed by atoms with van der Waals surface area (Å²) in [4.78, 5) is 2.44. The Morgan fingerprint density at radius 2 is 2.07 bits per heavy atom. The number of allylic oxidation sites excluding steroid dienone is 1. The first-order chi connectivity index (χ1) is 6.83. The molecule has 1 fully saturated rings. The van der Waals surface area contributed by atoms with Crippen LogP contribution in [0.4, 0.5) is 0 Å². The second-order valence-electron chi connectivity index (χ2n) is 3.82. The Labute approximate surface area is 86.1 Å². The minimum Gasteiger partial charge on any atom is -0.361 e. The van der Waals surface area contributed by atoms with Crippen molar-refractivity contribution in [3.8, 4) is 0 Å². The number of nitrogens with zero attached hydrogens (tertiary/aromatic N) is 1. The molecule has 0 spiro atoms. The van der Waals surface area contributed by atoms with Crippen molar-refractivity contribution in [1.29, 1.82) is 0 Å². The average Bonchev–Trinajstić information content (AvgIpc) is 2.98. The zero-order valence-corrected chi connectivity index (χ0v) is 8.90. The molecule has 0 aromatic heterocycles. The van der Waals surface area contributed by atoms with Gasteiger partial charge in [-0.25, -0.2) is 0 Å². The first-order valence-corrected chi connectivity index (χ1v) is 5.33. The molecule has 1 atom stereocenters. The molecule has 1 aliphatic heterocycles. The van der Waals surface area contributed by atoms with Gasteiger partial charge in [-0.15, -0.1) is 0 Å². The van der Waals surface area contributed by atoms with Gasteiger partial charge in [-0.1, -0.05) is 43.3 Å². The number of hydrogen-bond donors (Lipinski definition) is 0. The molecule has 2 rings (SSSR count). The van der Waals surface area contributed by atoms with Crippen molar-refractivity contribution >= 4 is 0 Å². The Balaban J connectivity index is 2.05. The van der Waals surface area contributed by atoms with E-state index in [0.29, 0.717) is 6.04 Å². The highest BCUT2D eigenvalue weighted by molar-refractivity contribution is 5.27. The lowest BCUT2D eigenvalue weighted by molar-refractivity contribution is 0.463. The van der Waals surface area contributed by atoms with E-state index in [0.717, 1.165) is 13.0 Å². The van der Waals surface area contributed by atoms with E-state index in [2.05, 4.69) is 55.2 Å². The van der Waals surface area contributed by atoms with Crippen LogP contribution in [0.3, 0.4) is 0 Å². The Morgan fingerprint density at radius 1 is 1.36 bits per heavy atom. The van der Waals surface area contributed by atoms with Gasteiger partial charge in [0.2, 0.25) is 0 Å². The summed E-state index contributed by atoms with van der Waals surface area (Å²) < 4.78 is 0. The average molecular weight is 187 g/mol. The summed E-state index contributed by atoms with van der Waals surface area (Å²) in [5, 5.41) is 0. The van der Waals surface area contributed by atoms with Gasteiger partial charge in [-0.3, -0.25) is 0 Å². The lowest BCUT2D eigenvalue weighted by Crippen LogP contribution is -2.03. The van der Waals surface area contributed by atoms with E-state index in [4.69, 9.17) is 0 Å². The molecule has 14 heavy (non-hydrogen) atoms. The molecule has 74 valence electrons. The molecule has 1 saturated heterocycles. The lowest BCUT2D eigenvalue weighted by Gasteiger charge is -2.13. The van der Waals surface area contributed by atoms with Crippen LogP contribution in [0.15, 0.2) is 42.1 Å². The monoisotopic (exact) mass is 187 g/mol. The molecule has 1 aromatic rings. The first-order valence-electron chi connectivity index (χ1n) is 5.33. The Hall–Kier alpha value is -1.24. The van der Waals surface area contributed by atoms with Crippen LogP contribution < -0.4 is 0 Å². The predicted molar refractivity (Wildman–Crippen MR) is 59.9 cm³/mol. The molecule has 0 saturated carbocycles. The molecule has 1 nitrogen and oxygen atoms in total. The molecule has 0 aliphatic carbocycles. The SMILES string of the molecule is CC/C=C1/CN1[C@@H](C)c1ccccc1. The fourth-order valence-electron chi connectivity index (χ4n) is 1.85. The van der Waals surface area contributed by atoms with Crippen molar-refractivity contribution in [2.45, 2.75) is 26.3 Å². The summed E-state index contributed by atoms with van der Waals surface area (Å²) in [6, 6.07) is 11.2. The zero-order valence-electron chi connectivity index (χ0n) is 8.90. The van der Waals surface area contributed by atoms with Crippen LogP contribution in [0.1, 0.15) is 31.9 Å². The maximum absolute atomic E-state index is 2.44. The summed E-state index contributed by atoms with van der Waals surface area (Å²) in [6.07, 6.45) is 3.47. The second-order valence-corrected chi connectivity index (χ2v) is 3.82. The molecule has 0 bridgehead atoms. The number of rotatable bonds is 3. The smallest absolute Gasteiger partial charge is 0.0579 e. The Bertz CT molecular complexity index is 326. The van der Waals surface area contributed by atoms with E-state index in [1.165, 1.54) is 11.3 Å². The first kappa shape index (κ1) is 9.32. The van der Waals surface area contributed by atoms with Gasteiger partial charge in [0.05, 0.1) is 12.6 Å². The standard InChI is InChI=1S/C13H17N/c1-3-7-13-10-14(13)11(2)12-8-5-4-6-9-12/h4-9,11H,3,10H2,1-2H3/b13-7-/t11-,14?/m0/s1. The Morgan fingerprint density at radius 3 is 2.71 bits per heavy atom. The van der Waals surface area contributed by atoms with Gasteiger partial charge in [0.1, 0.15) is 0 Å². The third-order valence-electron chi connectivity index (χ3n) is 2.79. The summed E-state index contributed by atoms with van der Waals surface area (Å²) in [5.74, 6) is 0. The van der Waals surface area contributed by atoms with Gasteiger partial charge >= 0.3 is 0 Å². The van der Waals surface area contributed by atoms with Crippen molar-refractivity contribution in [3.63, 3.8) is 0 Å². The van der Waals surface area contributed by atoms with E-state index >= 15 is 0 Å². The molecule has 0 unspecified atom stereocenters. The van der Waals surface area contributed by atoms with Crippen LogP contribution in [-0.2, 0) is 0 Å². The topological polar surface area (TPSA) is 3.01 Å². The number of hydrogen-bond acceptors (Lipinski definition) is 1. The lowest BCUT2D eigenvalue weighted by atomic mass is 10.1. The van der Waals surface area contributed by atoms with Gasteiger partial charge in [0.15, 0.2) is 0 Å². The summed E-state index contributed by atoms with van der Waals surface area (Å²) in [7, 11) is 0. The normalized spacial score (nSPS) is 19.9. The molecule has 1 heterocycles. The molecule has 0 N–H and O–H groups in total. The molecule has 1 aromatic carbocycles. The largest absolute Gasteiger partial charge is 0.361 e. The fraction of sp³-hybridized carbons (Fsp3) is 0.385. The minimum atomic E-state index is 0.536. The fourth-order valence-corrected chi connectivity index (χ4v) is 1.85. The van der Waals surface area contributed by atoms with Crippen molar-refractivity contribution in [1.82, 2.24) is 4.90 Å². The van der Waals surface area contributed by atoms with E-state index in [1.54, 1.807) is 0 Å². The molecule has 0 radical (unpaired) electrons. The third-order valence-corrected chi connectivity index (χ3v) is 2.79. The van der Waals surface area contributed by atoms with Crippen molar-refractivity contribution in [2.75, 3.05) is 6.54 Å². The van der Waals surface area contributed by atoms with E-state index in [9.17, 15) is 0 Å². The number of benzene rings is 1. The van der Waals surface area contributed by atoms with Crippen LogP contribution in [0, 0.1) is 0 Å². The van der Waals surface area contributed by atoms with Crippen molar-refractivity contribution in [2.24, 2.45) is 0 Å². The van der Waals surface area contributed by atoms with Crippen LogP contribution in [0.2, 0.25) is 0 Å². The molecule has 0 amide bonds. The Kier molecular flexibility index (Phi) is 2.58. The van der Waals surface area contributed by atoms with Gasteiger partial charge in [-0.2, -0.15) is 0 Å². The highest BCUT2D eigenvalue weighted by atomic mass is 15.3. The van der Waals surface area contributed by atoms with E-state index in [1.807, 2.05) is 0 Å². The zero-order chi connectivity index (χ0) is 9.97. The van der Waals surface area contributed by atoms with Crippen LogP contribution in [0.5, 0.6) is 0 Å². The molecule has 1 aliphatic rings. The van der Waals surface area contributed by atoms with Crippen LogP contribution in [-0.4, -0.2) is 11.4 Å². The van der Waals surface area contributed by atoms with E-state index < -0.39 is 0 Å². The highest BCUT2D eigenvalue weighted by Gasteiger charge is 2.29. The van der Waals surface area contributed by atoms with Crippen molar-refractivity contribution in [3.05, 3.63) is 47.7 Å². The third kappa shape index (κ3) is 1.82. The summed E-state index contributed by atoms with van der Waals surface area (Å²) in [5.41, 5.74) is 2.91. The minimum absolute atomic E-state index is 0.536. The van der Waals surface area contributed by atoms with Crippen molar-refractivity contribution < 1.29 is 0 Å². The summed E-state index contributed by atoms with van der Waals surface area (Å²) in [6.45, 7) is 5.62. The quantitative estimate of drug-likeness (QED) is 0.656. The predicted octanol–water partition coefficient (Wildman–Crippen LogP) is 3.36. The van der Waals surface area contributed by atoms with Gasteiger partial charge in [0.25, 0.3) is 0 Å². The highest BCUT2D eigenvalue weighted by Crippen LogP contribution is 2.34. The maximum Gasteiger partial charge on any atom is 0.0579 e. The molecule has 1 heteroatoms.